The summed E-state index contributed by atoms with van der Waals surface area (Å²) in [4.78, 5) is 2.28. The Hall–Kier alpha value is -3.03. The quantitative estimate of drug-likeness (QED) is 0.431. The molecule has 34 heavy (non-hydrogen) atoms. The number of hydrogen-bond acceptors (Lipinski definition) is 6. The van der Waals surface area contributed by atoms with Crippen molar-refractivity contribution in [3.05, 3.63) is 72.1 Å². The summed E-state index contributed by atoms with van der Waals surface area (Å²) in [6, 6.07) is 15.7. The maximum absolute atomic E-state index is 11.1. The van der Waals surface area contributed by atoms with Crippen LogP contribution in [0.25, 0.3) is 0 Å². The molecule has 0 unspecified atom stereocenters. The van der Waals surface area contributed by atoms with E-state index in [0.717, 1.165) is 67.3 Å². The first-order valence-electron chi connectivity index (χ1n) is 11.9. The number of rotatable bonds is 11. The fraction of sp³-hybridized carbons (Fsp3) is 0.444. The monoisotopic (exact) mass is 465 g/mol. The van der Waals surface area contributed by atoms with Crippen molar-refractivity contribution in [1.29, 1.82) is 0 Å². The van der Waals surface area contributed by atoms with Gasteiger partial charge in [0, 0.05) is 32.3 Å². The molecule has 1 N–H and O–H groups in total. The highest BCUT2D eigenvalue weighted by Gasteiger charge is 2.34. The number of hydrogen-bond donors (Lipinski definition) is 1. The molecule has 1 aliphatic heterocycles. The van der Waals surface area contributed by atoms with E-state index in [2.05, 4.69) is 16.1 Å². The standard InChI is InChI=1S/C27H35N3O4/c1-22-17-28-30(18-22)14-7-15-33-25-11-10-23(16-26(25)32-2)19-29-13-6-12-27(31,20-29)21-34-24-8-4-3-5-9-24/h3-5,8-11,16-18,31H,6-7,12-15,19-21H2,1-2H3/t27-/m1/s1. The van der Waals surface area contributed by atoms with Gasteiger partial charge in [-0.3, -0.25) is 9.58 Å². The van der Waals surface area contributed by atoms with Gasteiger partial charge in [0.2, 0.25) is 0 Å². The summed E-state index contributed by atoms with van der Waals surface area (Å²) in [5.41, 5.74) is 1.44. The molecule has 1 atom stereocenters. The minimum atomic E-state index is -0.853. The molecule has 0 radical (unpaired) electrons. The molecular weight excluding hydrogens is 430 g/mol. The molecule has 0 aliphatic carbocycles. The Morgan fingerprint density at radius 1 is 1.09 bits per heavy atom. The van der Waals surface area contributed by atoms with E-state index in [9.17, 15) is 5.11 Å². The number of piperidine rings is 1. The van der Waals surface area contributed by atoms with Crippen molar-refractivity contribution in [2.45, 2.75) is 44.9 Å². The van der Waals surface area contributed by atoms with Crippen molar-refractivity contribution in [1.82, 2.24) is 14.7 Å². The van der Waals surface area contributed by atoms with Gasteiger partial charge in [-0.05, 0) is 61.7 Å². The first kappa shape index (κ1) is 24.1. The zero-order chi connectivity index (χ0) is 23.8. The molecule has 0 spiro atoms. The zero-order valence-corrected chi connectivity index (χ0v) is 20.2. The van der Waals surface area contributed by atoms with Crippen molar-refractivity contribution >= 4 is 0 Å². The summed E-state index contributed by atoms with van der Waals surface area (Å²) in [5, 5.41) is 15.4. The summed E-state index contributed by atoms with van der Waals surface area (Å²) in [6.07, 6.45) is 6.43. The second-order valence-corrected chi connectivity index (χ2v) is 9.11. The number of β-amino-alcohol motifs (C(OH)–C–C–N with tert-alkyl or cyclic N) is 1. The van der Waals surface area contributed by atoms with Crippen molar-refractivity contribution in [2.75, 3.05) is 33.4 Å². The van der Waals surface area contributed by atoms with Gasteiger partial charge in [-0.1, -0.05) is 24.3 Å². The van der Waals surface area contributed by atoms with Crippen LogP contribution in [-0.2, 0) is 13.1 Å². The van der Waals surface area contributed by atoms with E-state index in [1.165, 1.54) is 0 Å². The van der Waals surface area contributed by atoms with Gasteiger partial charge in [0.25, 0.3) is 0 Å². The van der Waals surface area contributed by atoms with Gasteiger partial charge in [-0.15, -0.1) is 0 Å². The summed E-state index contributed by atoms with van der Waals surface area (Å²) < 4.78 is 19.4. The van der Waals surface area contributed by atoms with Crippen molar-refractivity contribution in [2.24, 2.45) is 0 Å². The lowest BCUT2D eigenvalue weighted by Gasteiger charge is -2.39. The van der Waals surface area contributed by atoms with E-state index in [4.69, 9.17) is 14.2 Å². The maximum Gasteiger partial charge on any atom is 0.161 e. The number of likely N-dealkylation sites (tertiary alicyclic amines) is 1. The van der Waals surface area contributed by atoms with E-state index in [-0.39, 0.29) is 0 Å². The van der Waals surface area contributed by atoms with Crippen LogP contribution < -0.4 is 14.2 Å². The van der Waals surface area contributed by atoms with Crippen LogP contribution in [0.3, 0.4) is 0 Å². The second kappa shape index (κ2) is 11.4. The molecule has 1 aromatic heterocycles. The maximum atomic E-state index is 11.1. The first-order chi connectivity index (χ1) is 16.5. The lowest BCUT2D eigenvalue weighted by atomic mass is 9.93. The fourth-order valence-corrected chi connectivity index (χ4v) is 4.38. The number of para-hydroxylation sites is 1. The molecular formula is C27H35N3O4. The molecule has 4 rings (SSSR count). The number of aryl methyl sites for hydroxylation is 2. The third-order valence-electron chi connectivity index (χ3n) is 6.07. The third kappa shape index (κ3) is 6.74. The fourth-order valence-electron chi connectivity index (χ4n) is 4.38. The summed E-state index contributed by atoms with van der Waals surface area (Å²) in [6.45, 7) is 6.00. The summed E-state index contributed by atoms with van der Waals surface area (Å²) in [7, 11) is 1.67. The van der Waals surface area contributed by atoms with Gasteiger partial charge >= 0.3 is 0 Å². The average Bonchev–Trinajstić information content (AvgIpc) is 3.27. The molecule has 7 heteroatoms. The van der Waals surface area contributed by atoms with Crippen molar-refractivity contribution in [3.8, 4) is 17.2 Å². The molecule has 182 valence electrons. The predicted octanol–water partition coefficient (Wildman–Crippen LogP) is 4.08. The molecule has 2 heterocycles. The van der Waals surface area contributed by atoms with Crippen LogP contribution >= 0.6 is 0 Å². The molecule has 1 fully saturated rings. The van der Waals surface area contributed by atoms with Gasteiger partial charge in [-0.2, -0.15) is 5.10 Å². The van der Waals surface area contributed by atoms with Gasteiger partial charge in [-0.25, -0.2) is 0 Å². The lowest BCUT2D eigenvalue weighted by Crippen LogP contribution is -2.51. The first-order valence-corrected chi connectivity index (χ1v) is 11.9. The topological polar surface area (TPSA) is 69.0 Å². The SMILES string of the molecule is COc1cc(CN2CCC[C@](O)(COc3ccccc3)C2)ccc1OCCCn1cc(C)cn1. The normalized spacial score (nSPS) is 18.6. The summed E-state index contributed by atoms with van der Waals surface area (Å²) in [5.74, 6) is 2.26. The van der Waals surface area contributed by atoms with Gasteiger partial charge in [0.15, 0.2) is 11.5 Å². The summed E-state index contributed by atoms with van der Waals surface area (Å²) >= 11 is 0. The predicted molar refractivity (Wildman–Crippen MR) is 131 cm³/mol. The number of methoxy groups -OCH3 is 1. The smallest absolute Gasteiger partial charge is 0.161 e. The van der Waals surface area contributed by atoms with Crippen LogP contribution in [0.5, 0.6) is 17.2 Å². The van der Waals surface area contributed by atoms with Crippen molar-refractivity contribution < 1.29 is 19.3 Å². The Kier molecular flexibility index (Phi) is 8.08. The largest absolute Gasteiger partial charge is 0.493 e. The van der Waals surface area contributed by atoms with E-state index in [0.29, 0.717) is 19.8 Å². The van der Waals surface area contributed by atoms with Crippen LogP contribution in [0.1, 0.15) is 30.4 Å². The number of ether oxygens (including phenoxy) is 3. The van der Waals surface area contributed by atoms with E-state index >= 15 is 0 Å². The molecule has 7 nitrogen and oxygen atoms in total. The van der Waals surface area contributed by atoms with E-state index < -0.39 is 5.60 Å². The highest BCUT2D eigenvalue weighted by atomic mass is 16.5. The number of aliphatic hydroxyl groups is 1. The van der Waals surface area contributed by atoms with Crippen LogP contribution in [0.15, 0.2) is 60.9 Å². The Labute approximate surface area is 201 Å². The minimum Gasteiger partial charge on any atom is -0.493 e. The zero-order valence-electron chi connectivity index (χ0n) is 20.2. The number of nitrogens with zero attached hydrogens (tertiary/aromatic N) is 3. The van der Waals surface area contributed by atoms with Gasteiger partial charge < -0.3 is 19.3 Å². The van der Waals surface area contributed by atoms with Crippen molar-refractivity contribution in [3.63, 3.8) is 0 Å². The average molecular weight is 466 g/mol. The highest BCUT2D eigenvalue weighted by molar-refractivity contribution is 5.43. The molecule has 1 aliphatic rings. The molecule has 0 amide bonds. The minimum absolute atomic E-state index is 0.293. The lowest BCUT2D eigenvalue weighted by molar-refractivity contribution is -0.0621. The van der Waals surface area contributed by atoms with E-state index in [1.54, 1.807) is 7.11 Å². The van der Waals surface area contributed by atoms with Gasteiger partial charge in [0.1, 0.15) is 18.0 Å². The number of aromatic nitrogens is 2. The molecule has 0 saturated carbocycles. The van der Waals surface area contributed by atoms with Gasteiger partial charge in [0.05, 0.1) is 19.9 Å². The Balaban J connectivity index is 1.28. The molecule has 0 bridgehead atoms. The Morgan fingerprint density at radius 2 is 1.94 bits per heavy atom. The molecule has 3 aromatic rings. The Morgan fingerprint density at radius 3 is 2.71 bits per heavy atom. The third-order valence-corrected chi connectivity index (χ3v) is 6.07. The molecule has 1 saturated heterocycles. The highest BCUT2D eigenvalue weighted by Crippen LogP contribution is 2.30. The number of benzene rings is 2. The van der Waals surface area contributed by atoms with Crippen LogP contribution in [0.4, 0.5) is 0 Å². The van der Waals surface area contributed by atoms with Crippen LogP contribution in [0, 0.1) is 6.92 Å². The van der Waals surface area contributed by atoms with Crippen LogP contribution in [-0.4, -0.2) is 58.8 Å². The van der Waals surface area contributed by atoms with Crippen LogP contribution in [0.2, 0.25) is 0 Å². The second-order valence-electron chi connectivity index (χ2n) is 9.11. The Bertz CT molecular complexity index is 1040. The molecule has 2 aromatic carbocycles. The van der Waals surface area contributed by atoms with E-state index in [1.807, 2.05) is 66.5 Å².